The van der Waals surface area contributed by atoms with E-state index in [0.29, 0.717) is 28.2 Å². The third kappa shape index (κ3) is 5.16. The van der Waals surface area contributed by atoms with Gasteiger partial charge in [0.25, 0.3) is 5.91 Å². The first-order valence-corrected chi connectivity index (χ1v) is 9.03. The molecule has 158 valence electrons. The van der Waals surface area contributed by atoms with Gasteiger partial charge in [-0.05, 0) is 55.8 Å². The minimum Gasteiger partial charge on any atom is -0.484 e. The standard InChI is InChI=1S/C21H19F4N3O2/c1-13-19(14(2)28(27-13)17-7-5-16(22)6-8-17)20(29)26-11-15-3-9-18(10-4-15)30-12-21(23,24)25/h3-10H,11-12H2,1-2H3,(H,26,29). The van der Waals surface area contributed by atoms with E-state index in [1.54, 1.807) is 42.8 Å². The highest BCUT2D eigenvalue weighted by Crippen LogP contribution is 2.20. The number of aromatic nitrogens is 2. The fourth-order valence-electron chi connectivity index (χ4n) is 2.94. The smallest absolute Gasteiger partial charge is 0.422 e. The molecule has 0 unspecified atom stereocenters. The summed E-state index contributed by atoms with van der Waals surface area (Å²) in [6, 6.07) is 11.7. The van der Waals surface area contributed by atoms with Crippen LogP contribution in [0.4, 0.5) is 17.6 Å². The molecule has 1 N–H and O–H groups in total. The van der Waals surface area contributed by atoms with Crippen molar-refractivity contribution in [2.45, 2.75) is 26.6 Å². The monoisotopic (exact) mass is 421 g/mol. The molecule has 0 spiro atoms. The Morgan fingerprint density at radius 3 is 2.30 bits per heavy atom. The van der Waals surface area contributed by atoms with Gasteiger partial charge in [-0.1, -0.05) is 12.1 Å². The SMILES string of the molecule is Cc1nn(-c2ccc(F)cc2)c(C)c1C(=O)NCc1ccc(OCC(F)(F)F)cc1. The number of carbonyl (C=O) groups excluding carboxylic acids is 1. The van der Waals surface area contributed by atoms with Crippen LogP contribution in [0.3, 0.4) is 0 Å². The van der Waals surface area contributed by atoms with Crippen molar-refractivity contribution in [1.82, 2.24) is 15.1 Å². The van der Waals surface area contributed by atoms with E-state index in [4.69, 9.17) is 0 Å². The zero-order valence-electron chi connectivity index (χ0n) is 16.3. The number of rotatable bonds is 6. The minimum atomic E-state index is -4.40. The molecule has 3 rings (SSSR count). The predicted octanol–water partition coefficient (Wildman–Crippen LogP) is 4.50. The summed E-state index contributed by atoms with van der Waals surface area (Å²) >= 11 is 0. The molecule has 0 bridgehead atoms. The lowest BCUT2D eigenvalue weighted by atomic mass is 10.1. The number of alkyl halides is 3. The summed E-state index contributed by atoms with van der Waals surface area (Å²) in [6.45, 7) is 2.26. The summed E-state index contributed by atoms with van der Waals surface area (Å²) in [5.41, 5.74) is 2.86. The van der Waals surface area contributed by atoms with Crippen molar-refractivity contribution in [2.24, 2.45) is 0 Å². The van der Waals surface area contributed by atoms with E-state index in [2.05, 4.69) is 15.2 Å². The van der Waals surface area contributed by atoms with Gasteiger partial charge in [-0.25, -0.2) is 9.07 Å². The molecule has 0 atom stereocenters. The largest absolute Gasteiger partial charge is 0.484 e. The van der Waals surface area contributed by atoms with E-state index in [1.807, 2.05) is 0 Å². The second kappa shape index (κ2) is 8.56. The molecule has 2 aromatic carbocycles. The van der Waals surface area contributed by atoms with Crippen molar-refractivity contribution in [1.29, 1.82) is 0 Å². The summed E-state index contributed by atoms with van der Waals surface area (Å²) in [5.74, 6) is -0.613. The molecule has 30 heavy (non-hydrogen) atoms. The molecule has 0 aliphatic heterocycles. The van der Waals surface area contributed by atoms with Crippen LogP contribution in [0.1, 0.15) is 27.3 Å². The highest BCUT2D eigenvalue weighted by Gasteiger charge is 2.28. The molecule has 9 heteroatoms. The Kier molecular flexibility index (Phi) is 6.09. The van der Waals surface area contributed by atoms with Crippen LogP contribution >= 0.6 is 0 Å². The molecule has 1 aromatic heterocycles. The highest BCUT2D eigenvalue weighted by molar-refractivity contribution is 5.96. The Bertz CT molecular complexity index is 1030. The molecule has 5 nitrogen and oxygen atoms in total. The zero-order valence-corrected chi connectivity index (χ0v) is 16.3. The molecule has 0 aliphatic carbocycles. The van der Waals surface area contributed by atoms with Crippen molar-refractivity contribution in [3.8, 4) is 11.4 Å². The molecule has 0 fully saturated rings. The number of nitrogens with one attached hydrogen (secondary N) is 1. The summed E-state index contributed by atoms with van der Waals surface area (Å²) in [6.07, 6.45) is -4.40. The van der Waals surface area contributed by atoms with Gasteiger partial charge in [-0.3, -0.25) is 4.79 Å². The van der Waals surface area contributed by atoms with Gasteiger partial charge >= 0.3 is 6.18 Å². The van der Waals surface area contributed by atoms with Crippen molar-refractivity contribution >= 4 is 5.91 Å². The highest BCUT2D eigenvalue weighted by atomic mass is 19.4. The van der Waals surface area contributed by atoms with E-state index in [-0.39, 0.29) is 24.0 Å². The number of nitrogens with zero attached hydrogens (tertiary/aromatic N) is 2. The Morgan fingerprint density at radius 2 is 1.70 bits per heavy atom. The van der Waals surface area contributed by atoms with Crippen LogP contribution in [-0.4, -0.2) is 28.5 Å². The Hall–Kier alpha value is -3.36. The van der Waals surface area contributed by atoms with Gasteiger partial charge in [0.05, 0.1) is 22.6 Å². The maximum absolute atomic E-state index is 13.1. The van der Waals surface area contributed by atoms with E-state index in [0.717, 1.165) is 0 Å². The lowest BCUT2D eigenvalue weighted by Gasteiger charge is -2.10. The number of hydrogen-bond acceptors (Lipinski definition) is 3. The van der Waals surface area contributed by atoms with Crippen molar-refractivity contribution in [3.05, 3.63) is 76.9 Å². The third-order valence-corrected chi connectivity index (χ3v) is 4.37. The Morgan fingerprint density at radius 1 is 1.07 bits per heavy atom. The van der Waals surface area contributed by atoms with Crippen LogP contribution in [0, 0.1) is 19.7 Å². The quantitative estimate of drug-likeness (QED) is 0.597. The van der Waals surface area contributed by atoms with Crippen LogP contribution in [0.5, 0.6) is 5.75 Å². The van der Waals surface area contributed by atoms with Crippen LogP contribution in [-0.2, 0) is 6.54 Å². The Balaban J connectivity index is 1.66. The number of hydrogen-bond donors (Lipinski definition) is 1. The van der Waals surface area contributed by atoms with Gasteiger partial charge in [0, 0.05) is 6.54 Å². The summed E-state index contributed by atoms with van der Waals surface area (Å²) in [7, 11) is 0. The van der Waals surface area contributed by atoms with Gasteiger partial charge in [-0.15, -0.1) is 0 Å². The first-order chi connectivity index (χ1) is 14.1. The van der Waals surface area contributed by atoms with Gasteiger partial charge < -0.3 is 10.1 Å². The van der Waals surface area contributed by atoms with Crippen LogP contribution in [0.2, 0.25) is 0 Å². The summed E-state index contributed by atoms with van der Waals surface area (Å²) in [5, 5.41) is 7.14. The van der Waals surface area contributed by atoms with E-state index >= 15 is 0 Å². The third-order valence-electron chi connectivity index (χ3n) is 4.37. The molecule has 3 aromatic rings. The minimum absolute atomic E-state index is 0.0923. The van der Waals surface area contributed by atoms with Crippen LogP contribution in [0.15, 0.2) is 48.5 Å². The molecule has 1 heterocycles. The number of aryl methyl sites for hydroxylation is 1. The predicted molar refractivity (Wildman–Crippen MR) is 102 cm³/mol. The topological polar surface area (TPSA) is 56.2 Å². The van der Waals surface area contributed by atoms with Crippen molar-refractivity contribution in [2.75, 3.05) is 6.61 Å². The van der Waals surface area contributed by atoms with E-state index in [9.17, 15) is 22.4 Å². The van der Waals surface area contributed by atoms with Gasteiger partial charge in [0.15, 0.2) is 6.61 Å². The average molecular weight is 421 g/mol. The fourth-order valence-corrected chi connectivity index (χ4v) is 2.94. The first kappa shape index (κ1) is 21.4. The maximum Gasteiger partial charge on any atom is 0.422 e. The maximum atomic E-state index is 13.1. The first-order valence-electron chi connectivity index (χ1n) is 9.03. The van der Waals surface area contributed by atoms with Crippen LogP contribution < -0.4 is 10.1 Å². The van der Waals surface area contributed by atoms with Gasteiger partial charge in [-0.2, -0.15) is 18.3 Å². The lowest BCUT2D eigenvalue weighted by molar-refractivity contribution is -0.153. The molecular weight excluding hydrogens is 402 g/mol. The fraction of sp³-hybridized carbons (Fsp3) is 0.238. The number of ether oxygens (including phenoxy) is 1. The molecule has 0 saturated carbocycles. The van der Waals surface area contributed by atoms with E-state index in [1.165, 1.54) is 24.3 Å². The molecule has 1 amide bonds. The van der Waals surface area contributed by atoms with Crippen molar-refractivity contribution in [3.63, 3.8) is 0 Å². The number of halogens is 4. The number of carbonyl (C=O) groups is 1. The zero-order chi connectivity index (χ0) is 21.9. The van der Waals surface area contributed by atoms with Gasteiger partial charge in [0.2, 0.25) is 0 Å². The van der Waals surface area contributed by atoms with Crippen molar-refractivity contribution < 1.29 is 27.1 Å². The number of benzene rings is 2. The number of amides is 1. The Labute approximate surface area is 170 Å². The normalized spacial score (nSPS) is 11.4. The second-order valence-corrected chi connectivity index (χ2v) is 6.66. The van der Waals surface area contributed by atoms with E-state index < -0.39 is 12.8 Å². The molecule has 0 aliphatic rings. The molecule has 0 radical (unpaired) electrons. The average Bonchev–Trinajstić information content (AvgIpc) is 2.99. The summed E-state index contributed by atoms with van der Waals surface area (Å²) in [4.78, 5) is 12.7. The molecule has 0 saturated heterocycles. The summed E-state index contributed by atoms with van der Waals surface area (Å²) < 4.78 is 55.9. The van der Waals surface area contributed by atoms with Gasteiger partial charge in [0.1, 0.15) is 11.6 Å². The van der Waals surface area contributed by atoms with Crippen LogP contribution in [0.25, 0.3) is 5.69 Å². The second-order valence-electron chi connectivity index (χ2n) is 6.66. The lowest BCUT2D eigenvalue weighted by Crippen LogP contribution is -2.24. The molecular formula is C21H19F4N3O2.